The fourth-order valence-electron chi connectivity index (χ4n) is 5.18. The van der Waals surface area contributed by atoms with Crippen LogP contribution in [0.15, 0.2) is 24.3 Å². The van der Waals surface area contributed by atoms with Gasteiger partial charge in [0.2, 0.25) is 23.6 Å². The third-order valence-electron chi connectivity index (χ3n) is 7.95. The molecule has 4 amide bonds. The van der Waals surface area contributed by atoms with Crippen molar-refractivity contribution >= 4 is 35.6 Å². The zero-order valence-electron chi connectivity index (χ0n) is 26.3. The minimum atomic E-state index is -1.21. The summed E-state index contributed by atoms with van der Waals surface area (Å²) in [4.78, 5) is 77.6. The number of carboxylic acid groups (broad SMARTS) is 2. The first-order chi connectivity index (χ1) is 21.1. The number of rotatable bonds is 17. The third kappa shape index (κ3) is 11.3. The van der Waals surface area contributed by atoms with E-state index in [2.05, 4.69) is 16.0 Å². The van der Waals surface area contributed by atoms with Crippen LogP contribution in [-0.4, -0.2) is 92.5 Å². The Kier molecular flexibility index (Phi) is 14.2. The zero-order valence-corrected chi connectivity index (χ0v) is 26.3. The fraction of sp³-hybridized carbons (Fsp3) is 0.613. The maximum atomic E-state index is 13.7. The molecule has 250 valence electrons. The highest BCUT2D eigenvalue weighted by Gasteiger charge is 2.38. The second-order valence-corrected chi connectivity index (χ2v) is 12.1. The van der Waals surface area contributed by atoms with Crippen molar-refractivity contribution in [1.82, 2.24) is 20.9 Å². The molecule has 0 radical (unpaired) electrons. The van der Waals surface area contributed by atoms with E-state index in [1.165, 1.54) is 17.0 Å². The van der Waals surface area contributed by atoms with Crippen LogP contribution in [0.3, 0.4) is 0 Å². The van der Waals surface area contributed by atoms with E-state index in [1.807, 2.05) is 13.8 Å². The Morgan fingerprint density at radius 1 is 0.956 bits per heavy atom. The molecule has 1 fully saturated rings. The van der Waals surface area contributed by atoms with Gasteiger partial charge in [-0.05, 0) is 55.2 Å². The van der Waals surface area contributed by atoms with Crippen LogP contribution in [-0.2, 0) is 35.2 Å². The number of benzene rings is 1. The van der Waals surface area contributed by atoms with Gasteiger partial charge in [-0.15, -0.1) is 0 Å². The summed E-state index contributed by atoms with van der Waals surface area (Å²) in [6, 6.07) is 0.515. The van der Waals surface area contributed by atoms with Crippen LogP contribution >= 0.6 is 0 Å². The number of aliphatic carboxylic acids is 2. The lowest BCUT2D eigenvalue weighted by molar-refractivity contribution is -0.144. The number of likely N-dealkylation sites (tertiary alicyclic amines) is 1. The van der Waals surface area contributed by atoms with Gasteiger partial charge in [0.15, 0.2) is 0 Å². The lowest BCUT2D eigenvalue weighted by atomic mass is 9.97. The Morgan fingerprint density at radius 3 is 2.13 bits per heavy atom. The minimum Gasteiger partial charge on any atom is -0.508 e. The van der Waals surface area contributed by atoms with Crippen LogP contribution in [0.4, 0.5) is 0 Å². The average molecular weight is 634 g/mol. The monoisotopic (exact) mass is 633 g/mol. The maximum absolute atomic E-state index is 13.7. The van der Waals surface area contributed by atoms with Gasteiger partial charge in [-0.3, -0.25) is 24.0 Å². The summed E-state index contributed by atoms with van der Waals surface area (Å²) in [7, 11) is 0. The van der Waals surface area contributed by atoms with E-state index >= 15 is 0 Å². The largest absolute Gasteiger partial charge is 0.508 e. The van der Waals surface area contributed by atoms with E-state index in [9.17, 15) is 39.0 Å². The van der Waals surface area contributed by atoms with Gasteiger partial charge in [-0.1, -0.05) is 46.2 Å². The third-order valence-corrected chi connectivity index (χ3v) is 7.95. The number of hydrogen-bond donors (Lipinski definition) is 7. The standard InChI is InChI=1S/C31H47N5O9/c1-5-18(4)26(31(44)45)35-28(41)23(16-19-8-10-20(37)11-9-19)33-27(40)22(15-17(2)3)34-29(42)24-7-6-14-36(24)30(43)21(32)12-13-25(38)39/h8-11,17-18,21-24,26,37H,5-7,12-16,32H2,1-4H3,(H,33,40)(H,34,42)(H,35,41)(H,38,39)(H,44,45)/t18-,21-,22-,23-,24-,26-/m0/s1. The molecule has 0 saturated carbocycles. The van der Waals surface area contributed by atoms with Gasteiger partial charge in [-0.2, -0.15) is 0 Å². The van der Waals surface area contributed by atoms with Crippen LogP contribution in [0.2, 0.25) is 0 Å². The Morgan fingerprint density at radius 2 is 1.58 bits per heavy atom. The average Bonchev–Trinajstić information content (AvgIpc) is 3.48. The normalized spacial score (nSPS) is 17.9. The van der Waals surface area contributed by atoms with E-state index in [-0.39, 0.29) is 43.9 Å². The molecule has 0 bridgehead atoms. The molecule has 0 aromatic heterocycles. The second-order valence-electron chi connectivity index (χ2n) is 12.1. The molecule has 14 nitrogen and oxygen atoms in total. The highest BCUT2D eigenvalue weighted by atomic mass is 16.4. The Labute approximate surface area is 263 Å². The number of nitrogens with one attached hydrogen (secondary N) is 3. The van der Waals surface area contributed by atoms with Crippen molar-refractivity contribution in [2.24, 2.45) is 17.6 Å². The summed E-state index contributed by atoms with van der Waals surface area (Å²) < 4.78 is 0. The summed E-state index contributed by atoms with van der Waals surface area (Å²) in [5.74, 6) is -5.25. The molecule has 1 aliphatic rings. The molecular weight excluding hydrogens is 586 g/mol. The first-order valence-corrected chi connectivity index (χ1v) is 15.3. The van der Waals surface area contributed by atoms with Crippen LogP contribution in [0.5, 0.6) is 5.75 Å². The summed E-state index contributed by atoms with van der Waals surface area (Å²) in [6.45, 7) is 7.45. The zero-order chi connectivity index (χ0) is 33.8. The van der Waals surface area contributed by atoms with Gasteiger partial charge in [0.1, 0.15) is 29.9 Å². The van der Waals surface area contributed by atoms with Gasteiger partial charge in [0, 0.05) is 19.4 Å². The fourth-order valence-corrected chi connectivity index (χ4v) is 5.18. The van der Waals surface area contributed by atoms with Crippen LogP contribution < -0.4 is 21.7 Å². The molecule has 1 aromatic rings. The van der Waals surface area contributed by atoms with Gasteiger partial charge in [-0.25, -0.2) is 4.79 Å². The number of phenolic OH excluding ortho intramolecular Hbond substituents is 1. The summed E-state index contributed by atoms with van der Waals surface area (Å²) in [6.07, 6.45) is 1.14. The molecule has 14 heteroatoms. The van der Waals surface area contributed by atoms with Crippen molar-refractivity contribution in [1.29, 1.82) is 0 Å². The van der Waals surface area contributed by atoms with Gasteiger partial charge < -0.3 is 41.9 Å². The van der Waals surface area contributed by atoms with E-state index in [0.717, 1.165) is 0 Å². The van der Waals surface area contributed by atoms with E-state index in [0.29, 0.717) is 24.8 Å². The molecule has 2 rings (SSSR count). The molecule has 1 heterocycles. The maximum Gasteiger partial charge on any atom is 0.326 e. The summed E-state index contributed by atoms with van der Waals surface area (Å²) in [5.41, 5.74) is 6.51. The number of carbonyl (C=O) groups excluding carboxylic acids is 4. The second kappa shape index (κ2) is 17.3. The number of aromatic hydroxyl groups is 1. The number of hydrogen-bond acceptors (Lipinski definition) is 8. The lowest BCUT2D eigenvalue weighted by Crippen LogP contribution is -2.59. The van der Waals surface area contributed by atoms with Crippen molar-refractivity contribution in [3.8, 4) is 5.75 Å². The number of carboxylic acids is 2. The smallest absolute Gasteiger partial charge is 0.326 e. The first-order valence-electron chi connectivity index (χ1n) is 15.3. The Balaban J connectivity index is 2.26. The number of phenols is 1. The molecule has 1 aliphatic heterocycles. The molecule has 6 atom stereocenters. The summed E-state index contributed by atoms with van der Waals surface area (Å²) >= 11 is 0. The van der Waals surface area contributed by atoms with Crippen molar-refractivity contribution in [3.05, 3.63) is 29.8 Å². The molecule has 1 saturated heterocycles. The number of nitrogens with zero attached hydrogens (tertiary/aromatic N) is 1. The number of amides is 4. The van der Waals surface area contributed by atoms with Gasteiger partial charge >= 0.3 is 11.9 Å². The molecular formula is C31H47N5O9. The van der Waals surface area contributed by atoms with Crippen molar-refractivity contribution in [2.45, 2.75) is 103 Å². The number of nitrogens with two attached hydrogens (primary N) is 1. The lowest BCUT2D eigenvalue weighted by Gasteiger charge is -2.29. The predicted octanol–water partition coefficient (Wildman–Crippen LogP) is 0.749. The van der Waals surface area contributed by atoms with Crippen LogP contribution in [0.1, 0.15) is 71.8 Å². The van der Waals surface area contributed by atoms with Crippen LogP contribution in [0.25, 0.3) is 0 Å². The molecule has 0 aliphatic carbocycles. The van der Waals surface area contributed by atoms with Crippen molar-refractivity contribution < 1.29 is 44.1 Å². The Hall–Kier alpha value is -4.20. The van der Waals surface area contributed by atoms with Crippen molar-refractivity contribution in [3.63, 3.8) is 0 Å². The predicted molar refractivity (Wildman–Crippen MR) is 164 cm³/mol. The summed E-state index contributed by atoms with van der Waals surface area (Å²) in [5, 5.41) is 36.2. The number of carbonyl (C=O) groups is 6. The highest BCUT2D eigenvalue weighted by Crippen LogP contribution is 2.20. The highest BCUT2D eigenvalue weighted by molar-refractivity contribution is 5.95. The first kappa shape index (κ1) is 37.0. The van der Waals surface area contributed by atoms with E-state index in [1.54, 1.807) is 26.0 Å². The quantitative estimate of drug-likeness (QED) is 0.127. The van der Waals surface area contributed by atoms with E-state index in [4.69, 9.17) is 10.8 Å². The molecule has 0 unspecified atom stereocenters. The minimum absolute atomic E-state index is 0.00786. The molecule has 45 heavy (non-hydrogen) atoms. The SMILES string of the molecule is CC[C@H](C)[C@H](NC(=O)[C@H](Cc1ccc(O)cc1)NC(=O)[C@H](CC(C)C)NC(=O)[C@@H]1CCCN1C(=O)[C@@H](N)CCC(=O)O)C(=O)O. The van der Waals surface area contributed by atoms with Gasteiger partial charge in [0.05, 0.1) is 6.04 Å². The molecule has 8 N–H and O–H groups in total. The topological polar surface area (TPSA) is 228 Å². The Bertz CT molecular complexity index is 1210. The van der Waals surface area contributed by atoms with E-state index < -0.39 is 71.7 Å². The van der Waals surface area contributed by atoms with Crippen LogP contribution in [0, 0.1) is 11.8 Å². The van der Waals surface area contributed by atoms with Gasteiger partial charge in [0.25, 0.3) is 0 Å². The molecule has 0 spiro atoms. The van der Waals surface area contributed by atoms with Crippen molar-refractivity contribution in [2.75, 3.05) is 6.54 Å². The molecule has 1 aromatic carbocycles.